The van der Waals surface area contributed by atoms with Crippen molar-refractivity contribution in [1.29, 1.82) is 0 Å². The van der Waals surface area contributed by atoms with E-state index in [2.05, 4.69) is 5.32 Å². The molecule has 1 aliphatic heterocycles. The summed E-state index contributed by atoms with van der Waals surface area (Å²) in [6.07, 6.45) is 0.617. The monoisotopic (exact) mass is 291 g/mol. The van der Waals surface area contributed by atoms with E-state index >= 15 is 0 Å². The third kappa shape index (κ3) is 3.22. The summed E-state index contributed by atoms with van der Waals surface area (Å²) >= 11 is 5.97. The predicted octanol–water partition coefficient (Wildman–Crippen LogP) is 2.32. The van der Waals surface area contributed by atoms with Crippen LogP contribution in [-0.2, 0) is 9.84 Å². The number of nitrogens with one attached hydrogen (secondary N) is 1. The molecule has 2 atom stereocenters. The second kappa shape index (κ2) is 5.15. The van der Waals surface area contributed by atoms with Gasteiger partial charge < -0.3 is 5.32 Å². The molecule has 0 amide bonds. The molecule has 0 spiro atoms. The lowest BCUT2D eigenvalue weighted by Gasteiger charge is -2.19. The van der Waals surface area contributed by atoms with Gasteiger partial charge >= 0.3 is 0 Å². The van der Waals surface area contributed by atoms with Gasteiger partial charge in [-0.25, -0.2) is 12.8 Å². The average molecular weight is 292 g/mol. The summed E-state index contributed by atoms with van der Waals surface area (Å²) in [4.78, 5) is 0. The van der Waals surface area contributed by atoms with Gasteiger partial charge in [-0.15, -0.1) is 0 Å². The summed E-state index contributed by atoms with van der Waals surface area (Å²) in [5.41, 5.74) is 0.780. The molecule has 0 bridgehead atoms. The van der Waals surface area contributed by atoms with E-state index < -0.39 is 9.84 Å². The summed E-state index contributed by atoms with van der Waals surface area (Å²) in [5, 5.41) is 3.58. The van der Waals surface area contributed by atoms with Gasteiger partial charge in [-0.2, -0.15) is 0 Å². The lowest BCUT2D eigenvalue weighted by Crippen LogP contribution is -2.32. The van der Waals surface area contributed by atoms with E-state index in [1.165, 1.54) is 12.1 Å². The molecule has 18 heavy (non-hydrogen) atoms. The molecule has 2 rings (SSSR count). The van der Waals surface area contributed by atoms with Crippen molar-refractivity contribution in [3.63, 3.8) is 0 Å². The molecule has 0 saturated carbocycles. The Morgan fingerprint density at radius 1 is 1.50 bits per heavy atom. The Hall–Kier alpha value is -0.650. The van der Waals surface area contributed by atoms with Crippen LogP contribution in [0.4, 0.5) is 4.39 Å². The van der Waals surface area contributed by atoms with Gasteiger partial charge in [0.2, 0.25) is 0 Å². The van der Waals surface area contributed by atoms with E-state index in [-0.39, 0.29) is 29.4 Å². The Labute approximate surface area is 111 Å². The van der Waals surface area contributed by atoms with Crippen LogP contribution in [0.3, 0.4) is 0 Å². The van der Waals surface area contributed by atoms with Crippen molar-refractivity contribution >= 4 is 21.4 Å². The first-order chi connectivity index (χ1) is 8.37. The molecule has 1 fully saturated rings. The van der Waals surface area contributed by atoms with Crippen LogP contribution in [0.2, 0.25) is 5.02 Å². The quantitative estimate of drug-likeness (QED) is 0.930. The van der Waals surface area contributed by atoms with Crippen LogP contribution in [-0.4, -0.2) is 26.0 Å². The van der Waals surface area contributed by atoms with Gasteiger partial charge in [0, 0.05) is 17.1 Å². The number of halogens is 2. The number of benzene rings is 1. The molecule has 1 saturated heterocycles. The summed E-state index contributed by atoms with van der Waals surface area (Å²) in [5.74, 6) is 0.0180. The maximum absolute atomic E-state index is 12.9. The van der Waals surface area contributed by atoms with Crippen molar-refractivity contribution in [1.82, 2.24) is 5.32 Å². The van der Waals surface area contributed by atoms with E-state index in [0.29, 0.717) is 11.4 Å². The number of hydrogen-bond acceptors (Lipinski definition) is 3. The van der Waals surface area contributed by atoms with Crippen LogP contribution in [0.5, 0.6) is 0 Å². The van der Waals surface area contributed by atoms with E-state index in [1.54, 1.807) is 6.07 Å². The largest absolute Gasteiger partial charge is 0.306 e. The lowest BCUT2D eigenvalue weighted by atomic mass is 10.1. The molecule has 100 valence electrons. The molecule has 6 heteroatoms. The number of rotatable bonds is 3. The molecule has 0 aromatic heterocycles. The van der Waals surface area contributed by atoms with Crippen LogP contribution in [0.25, 0.3) is 0 Å². The third-order valence-corrected chi connectivity index (χ3v) is 5.24. The number of sulfone groups is 1. The van der Waals surface area contributed by atoms with Gasteiger partial charge in [0.15, 0.2) is 9.84 Å². The average Bonchev–Trinajstić information content (AvgIpc) is 2.57. The molecule has 0 radical (unpaired) electrons. The summed E-state index contributed by atoms with van der Waals surface area (Å²) in [6.45, 7) is 1.89. The topological polar surface area (TPSA) is 46.2 Å². The number of hydrogen-bond donors (Lipinski definition) is 1. The SMILES string of the molecule is CC(NC1CCS(=O)(=O)C1)c1ccc(F)cc1Cl. The van der Waals surface area contributed by atoms with E-state index in [1.807, 2.05) is 6.92 Å². The highest BCUT2D eigenvalue weighted by Gasteiger charge is 2.29. The summed E-state index contributed by atoms with van der Waals surface area (Å²) in [6, 6.07) is 4.09. The summed E-state index contributed by atoms with van der Waals surface area (Å²) in [7, 11) is -2.90. The normalized spacial score (nSPS) is 24.1. The van der Waals surface area contributed by atoms with Crippen molar-refractivity contribution in [2.45, 2.75) is 25.4 Å². The predicted molar refractivity (Wildman–Crippen MR) is 70.0 cm³/mol. The van der Waals surface area contributed by atoms with Crippen LogP contribution >= 0.6 is 11.6 Å². The van der Waals surface area contributed by atoms with Crippen LogP contribution in [0.15, 0.2) is 18.2 Å². The second-order valence-corrected chi connectivity index (χ2v) is 7.29. The zero-order valence-electron chi connectivity index (χ0n) is 9.99. The zero-order valence-corrected chi connectivity index (χ0v) is 11.6. The smallest absolute Gasteiger partial charge is 0.151 e. The van der Waals surface area contributed by atoms with Crippen molar-refractivity contribution < 1.29 is 12.8 Å². The van der Waals surface area contributed by atoms with Gasteiger partial charge in [-0.05, 0) is 31.0 Å². The van der Waals surface area contributed by atoms with Gasteiger partial charge in [0.05, 0.1) is 11.5 Å². The minimum Gasteiger partial charge on any atom is -0.306 e. The Morgan fingerprint density at radius 3 is 2.78 bits per heavy atom. The fraction of sp³-hybridized carbons (Fsp3) is 0.500. The van der Waals surface area contributed by atoms with Crippen LogP contribution in [0, 0.1) is 5.82 Å². The van der Waals surface area contributed by atoms with Gasteiger partial charge in [-0.1, -0.05) is 17.7 Å². The van der Waals surface area contributed by atoms with E-state index in [9.17, 15) is 12.8 Å². The molecule has 1 aromatic carbocycles. The molecule has 1 heterocycles. The third-order valence-electron chi connectivity index (χ3n) is 3.15. The van der Waals surface area contributed by atoms with Crippen molar-refractivity contribution in [3.05, 3.63) is 34.6 Å². The lowest BCUT2D eigenvalue weighted by molar-refractivity contribution is 0.484. The minimum absolute atomic E-state index is 0.0499. The van der Waals surface area contributed by atoms with Gasteiger partial charge in [0.1, 0.15) is 5.82 Å². The highest BCUT2D eigenvalue weighted by molar-refractivity contribution is 7.91. The first-order valence-corrected chi connectivity index (χ1v) is 7.99. The Kier molecular flexibility index (Phi) is 3.94. The Morgan fingerprint density at radius 2 is 2.22 bits per heavy atom. The van der Waals surface area contributed by atoms with Gasteiger partial charge in [0.25, 0.3) is 0 Å². The van der Waals surface area contributed by atoms with Crippen molar-refractivity contribution in [2.75, 3.05) is 11.5 Å². The Balaban J connectivity index is 2.06. The molecular weight excluding hydrogens is 277 g/mol. The molecule has 0 aliphatic carbocycles. The molecule has 1 aromatic rings. The van der Waals surface area contributed by atoms with E-state index in [0.717, 1.165) is 5.56 Å². The summed E-state index contributed by atoms with van der Waals surface area (Å²) < 4.78 is 35.6. The second-order valence-electron chi connectivity index (χ2n) is 4.65. The fourth-order valence-electron chi connectivity index (χ4n) is 2.22. The standard InChI is InChI=1S/C12H15ClFNO2S/c1-8(11-3-2-9(14)6-12(11)13)15-10-4-5-18(16,17)7-10/h2-3,6,8,10,15H,4-5,7H2,1H3. The zero-order chi connectivity index (χ0) is 13.3. The first-order valence-electron chi connectivity index (χ1n) is 5.79. The maximum atomic E-state index is 12.9. The first kappa shape index (κ1) is 13.8. The highest BCUT2D eigenvalue weighted by atomic mass is 35.5. The van der Waals surface area contributed by atoms with Crippen molar-refractivity contribution in [2.24, 2.45) is 0 Å². The molecule has 2 unspecified atom stereocenters. The molecule has 1 aliphatic rings. The minimum atomic E-state index is -2.90. The fourth-order valence-corrected chi connectivity index (χ4v) is 4.24. The maximum Gasteiger partial charge on any atom is 0.151 e. The Bertz CT molecular complexity index is 547. The molecular formula is C12H15ClFNO2S. The van der Waals surface area contributed by atoms with Crippen molar-refractivity contribution in [3.8, 4) is 0 Å². The molecule has 3 nitrogen and oxygen atoms in total. The van der Waals surface area contributed by atoms with Gasteiger partial charge in [-0.3, -0.25) is 0 Å². The highest BCUT2D eigenvalue weighted by Crippen LogP contribution is 2.25. The van der Waals surface area contributed by atoms with E-state index in [4.69, 9.17) is 11.6 Å². The van der Waals surface area contributed by atoms with Crippen LogP contribution < -0.4 is 5.32 Å². The molecule has 1 N–H and O–H groups in total. The van der Waals surface area contributed by atoms with Crippen LogP contribution in [0.1, 0.15) is 24.9 Å².